The number of unbranched alkanes of at least 4 members (excludes halogenated alkanes) is 3. The third-order valence-electron chi connectivity index (χ3n) is 4.23. The Balaban J connectivity index is 3.97. The lowest BCUT2D eigenvalue weighted by Gasteiger charge is -2.24. The SMILES string of the molecule is CCCCC(=O)OC(C)(C)COC(=O)CCCCCC(=O)OC(C)(C)COC(=O)CC. The first-order valence-corrected chi connectivity index (χ1v) is 11.2. The second-order valence-electron chi connectivity index (χ2n) is 8.81. The summed E-state index contributed by atoms with van der Waals surface area (Å²) >= 11 is 0. The fraction of sp³-hybridized carbons (Fsp3) is 0.826. The third-order valence-corrected chi connectivity index (χ3v) is 4.23. The van der Waals surface area contributed by atoms with Gasteiger partial charge in [0.05, 0.1) is 0 Å². The molecule has 8 heteroatoms. The van der Waals surface area contributed by atoms with Crippen LogP contribution in [-0.2, 0) is 38.1 Å². The molecule has 0 aliphatic rings. The Hall–Kier alpha value is -2.12. The molecule has 0 spiro atoms. The van der Waals surface area contributed by atoms with Gasteiger partial charge in [0, 0.05) is 25.7 Å². The van der Waals surface area contributed by atoms with Crippen LogP contribution in [0.1, 0.15) is 99.3 Å². The summed E-state index contributed by atoms with van der Waals surface area (Å²) in [6.45, 7) is 10.5. The van der Waals surface area contributed by atoms with Gasteiger partial charge in [-0.2, -0.15) is 0 Å². The van der Waals surface area contributed by atoms with Crippen LogP contribution in [0.3, 0.4) is 0 Å². The summed E-state index contributed by atoms with van der Waals surface area (Å²) in [7, 11) is 0. The number of rotatable bonds is 16. The Morgan fingerprint density at radius 3 is 1.45 bits per heavy atom. The van der Waals surface area contributed by atoms with Crippen LogP contribution in [0, 0.1) is 0 Å². The maximum atomic E-state index is 11.9. The van der Waals surface area contributed by atoms with E-state index in [1.807, 2.05) is 6.92 Å². The van der Waals surface area contributed by atoms with Gasteiger partial charge < -0.3 is 18.9 Å². The highest BCUT2D eigenvalue weighted by atomic mass is 16.6. The number of esters is 4. The monoisotopic (exact) mass is 444 g/mol. The minimum Gasteiger partial charge on any atom is -0.461 e. The summed E-state index contributed by atoms with van der Waals surface area (Å²) in [5.74, 6) is -1.36. The predicted molar refractivity (Wildman–Crippen MR) is 115 cm³/mol. The molecule has 0 amide bonds. The third kappa shape index (κ3) is 16.3. The lowest BCUT2D eigenvalue weighted by molar-refractivity contribution is -0.169. The van der Waals surface area contributed by atoms with E-state index in [4.69, 9.17) is 18.9 Å². The summed E-state index contributed by atoms with van der Waals surface area (Å²) in [4.78, 5) is 46.7. The molecule has 31 heavy (non-hydrogen) atoms. The van der Waals surface area contributed by atoms with Crippen LogP contribution in [0.4, 0.5) is 0 Å². The topological polar surface area (TPSA) is 105 Å². The molecule has 0 heterocycles. The molecule has 0 aromatic heterocycles. The van der Waals surface area contributed by atoms with Crippen molar-refractivity contribution in [1.29, 1.82) is 0 Å². The molecule has 0 saturated heterocycles. The zero-order valence-electron chi connectivity index (χ0n) is 20.0. The lowest BCUT2D eigenvalue weighted by atomic mass is 10.1. The second kappa shape index (κ2) is 14.8. The Kier molecular flexibility index (Phi) is 13.8. The smallest absolute Gasteiger partial charge is 0.306 e. The van der Waals surface area contributed by atoms with Gasteiger partial charge in [-0.15, -0.1) is 0 Å². The van der Waals surface area contributed by atoms with Gasteiger partial charge in [0.1, 0.15) is 24.4 Å². The van der Waals surface area contributed by atoms with E-state index in [9.17, 15) is 19.2 Å². The molecule has 0 unspecified atom stereocenters. The molecule has 0 aliphatic carbocycles. The normalized spacial score (nSPS) is 11.5. The quantitative estimate of drug-likeness (QED) is 0.197. The van der Waals surface area contributed by atoms with Crippen LogP contribution < -0.4 is 0 Å². The minimum atomic E-state index is -0.876. The van der Waals surface area contributed by atoms with Crippen molar-refractivity contribution in [2.24, 2.45) is 0 Å². The van der Waals surface area contributed by atoms with Crippen molar-refractivity contribution in [2.75, 3.05) is 13.2 Å². The van der Waals surface area contributed by atoms with E-state index in [0.717, 1.165) is 12.8 Å². The summed E-state index contributed by atoms with van der Waals surface area (Å²) in [6, 6.07) is 0. The van der Waals surface area contributed by atoms with E-state index < -0.39 is 11.2 Å². The zero-order valence-corrected chi connectivity index (χ0v) is 20.0. The summed E-state index contributed by atoms with van der Waals surface area (Å²) < 4.78 is 20.9. The van der Waals surface area contributed by atoms with Crippen molar-refractivity contribution in [3.05, 3.63) is 0 Å². The van der Waals surface area contributed by atoms with E-state index >= 15 is 0 Å². The van der Waals surface area contributed by atoms with Crippen LogP contribution in [0.25, 0.3) is 0 Å². The van der Waals surface area contributed by atoms with Crippen LogP contribution in [0.5, 0.6) is 0 Å². The van der Waals surface area contributed by atoms with Crippen molar-refractivity contribution in [3.8, 4) is 0 Å². The van der Waals surface area contributed by atoms with E-state index in [1.165, 1.54) is 0 Å². The highest BCUT2D eigenvalue weighted by Gasteiger charge is 2.26. The largest absolute Gasteiger partial charge is 0.461 e. The Bertz CT molecular complexity index is 580. The zero-order chi connectivity index (χ0) is 23.9. The molecule has 0 atom stereocenters. The van der Waals surface area contributed by atoms with Gasteiger partial charge in [-0.25, -0.2) is 0 Å². The average molecular weight is 445 g/mol. The van der Waals surface area contributed by atoms with Crippen LogP contribution in [0.2, 0.25) is 0 Å². The van der Waals surface area contributed by atoms with Crippen LogP contribution in [-0.4, -0.2) is 48.3 Å². The molecular formula is C23H40O8. The molecule has 0 N–H and O–H groups in total. The molecule has 0 saturated carbocycles. The Morgan fingerprint density at radius 1 is 0.581 bits per heavy atom. The molecule has 0 bridgehead atoms. The minimum absolute atomic E-state index is 0.00765. The van der Waals surface area contributed by atoms with Crippen molar-refractivity contribution < 1.29 is 38.1 Å². The van der Waals surface area contributed by atoms with Gasteiger partial charge in [-0.3, -0.25) is 19.2 Å². The van der Waals surface area contributed by atoms with Gasteiger partial charge in [0.2, 0.25) is 0 Å². The second-order valence-corrected chi connectivity index (χ2v) is 8.81. The molecule has 0 radical (unpaired) electrons. The summed E-state index contributed by atoms with van der Waals surface area (Å²) in [5, 5.41) is 0. The van der Waals surface area contributed by atoms with Crippen molar-refractivity contribution in [3.63, 3.8) is 0 Å². The molecule has 0 aromatic rings. The van der Waals surface area contributed by atoms with E-state index in [0.29, 0.717) is 25.7 Å². The van der Waals surface area contributed by atoms with E-state index in [-0.39, 0.29) is 56.4 Å². The van der Waals surface area contributed by atoms with Crippen molar-refractivity contribution >= 4 is 23.9 Å². The number of carbonyl (C=O) groups excluding carboxylic acids is 4. The Labute approximate surface area is 186 Å². The molecule has 0 aromatic carbocycles. The highest BCUT2D eigenvalue weighted by molar-refractivity contribution is 5.71. The van der Waals surface area contributed by atoms with Gasteiger partial charge in [-0.05, 0) is 47.0 Å². The molecule has 0 aliphatic heterocycles. The first-order valence-electron chi connectivity index (χ1n) is 11.2. The molecule has 180 valence electrons. The van der Waals surface area contributed by atoms with Gasteiger partial charge in [-0.1, -0.05) is 26.7 Å². The number of hydrogen-bond donors (Lipinski definition) is 0. The predicted octanol–water partition coefficient (Wildman–Crippen LogP) is 4.27. The number of carbonyl (C=O) groups is 4. The van der Waals surface area contributed by atoms with Gasteiger partial charge in [0.25, 0.3) is 0 Å². The maximum absolute atomic E-state index is 11.9. The summed E-state index contributed by atoms with van der Waals surface area (Å²) in [5.41, 5.74) is -1.74. The fourth-order valence-corrected chi connectivity index (χ4v) is 2.50. The molecular weight excluding hydrogens is 404 g/mol. The molecule has 8 nitrogen and oxygen atoms in total. The first-order chi connectivity index (χ1) is 14.4. The highest BCUT2D eigenvalue weighted by Crippen LogP contribution is 2.15. The van der Waals surface area contributed by atoms with Crippen LogP contribution >= 0.6 is 0 Å². The lowest BCUT2D eigenvalue weighted by Crippen LogP contribution is -2.34. The summed E-state index contributed by atoms with van der Waals surface area (Å²) in [6.07, 6.45) is 4.60. The Morgan fingerprint density at radius 2 is 1.00 bits per heavy atom. The number of ether oxygens (including phenoxy) is 4. The van der Waals surface area contributed by atoms with Crippen molar-refractivity contribution in [1.82, 2.24) is 0 Å². The first kappa shape index (κ1) is 28.9. The van der Waals surface area contributed by atoms with Crippen LogP contribution in [0.15, 0.2) is 0 Å². The molecule has 0 rings (SSSR count). The van der Waals surface area contributed by atoms with Gasteiger partial charge in [0.15, 0.2) is 0 Å². The average Bonchev–Trinajstić information content (AvgIpc) is 2.68. The van der Waals surface area contributed by atoms with Crippen molar-refractivity contribution in [2.45, 2.75) is 111 Å². The fourth-order valence-electron chi connectivity index (χ4n) is 2.50. The molecule has 0 fully saturated rings. The maximum Gasteiger partial charge on any atom is 0.306 e. The standard InChI is InChI=1S/C23H40O8/c1-7-9-13-20(26)30-23(5,6)17-29-19(25)14-11-10-12-15-21(27)31-22(3,4)16-28-18(24)8-2/h7-17H2,1-6H3. The van der Waals surface area contributed by atoms with Gasteiger partial charge >= 0.3 is 23.9 Å². The number of hydrogen-bond acceptors (Lipinski definition) is 8. The van der Waals surface area contributed by atoms with E-state index in [1.54, 1.807) is 34.6 Å². The van der Waals surface area contributed by atoms with E-state index in [2.05, 4.69) is 0 Å².